The first kappa shape index (κ1) is 15.8. The van der Waals surface area contributed by atoms with Crippen LogP contribution in [0.5, 0.6) is 0 Å². The number of aryl methyl sites for hydroxylation is 1. The molecule has 0 N–H and O–H groups in total. The topological polar surface area (TPSA) is 20.3 Å². The maximum Gasteiger partial charge on any atom is 0.258 e. The molecule has 2 aromatic carbocycles. The van der Waals surface area contributed by atoms with E-state index in [4.69, 9.17) is 11.6 Å². The molecule has 0 saturated heterocycles. The zero-order valence-electron chi connectivity index (χ0n) is 12.7. The molecule has 116 valence electrons. The predicted octanol–water partition coefficient (Wildman–Crippen LogP) is 5.56. The molecular formula is C19H16ClNOS. The van der Waals surface area contributed by atoms with Crippen molar-refractivity contribution in [3.63, 3.8) is 0 Å². The summed E-state index contributed by atoms with van der Waals surface area (Å²) in [5.41, 5.74) is 2.61. The monoisotopic (exact) mass is 341 g/mol. The van der Waals surface area contributed by atoms with Crippen LogP contribution in [0, 0.1) is 6.92 Å². The number of thiophene rings is 1. The summed E-state index contributed by atoms with van der Waals surface area (Å²) >= 11 is 7.75. The van der Waals surface area contributed by atoms with E-state index in [0.717, 1.165) is 16.1 Å². The number of nitrogens with zero attached hydrogens (tertiary/aromatic N) is 1. The Morgan fingerprint density at radius 2 is 1.87 bits per heavy atom. The second-order valence-corrected chi connectivity index (χ2v) is 6.79. The Labute approximate surface area is 145 Å². The Balaban J connectivity index is 1.97. The van der Waals surface area contributed by atoms with Crippen molar-refractivity contribution < 1.29 is 4.79 Å². The van der Waals surface area contributed by atoms with Crippen LogP contribution in [0.2, 0.25) is 5.02 Å². The molecule has 0 saturated carbocycles. The number of anilines is 1. The van der Waals surface area contributed by atoms with E-state index in [9.17, 15) is 4.79 Å². The minimum absolute atomic E-state index is 0.0272. The average molecular weight is 342 g/mol. The van der Waals surface area contributed by atoms with Gasteiger partial charge in [-0.2, -0.15) is 0 Å². The molecule has 0 fully saturated rings. The van der Waals surface area contributed by atoms with E-state index >= 15 is 0 Å². The van der Waals surface area contributed by atoms with Gasteiger partial charge in [-0.3, -0.25) is 4.79 Å². The number of rotatable bonds is 4. The van der Waals surface area contributed by atoms with Crippen molar-refractivity contribution in [3.8, 4) is 0 Å². The first-order chi connectivity index (χ1) is 11.1. The maximum absolute atomic E-state index is 13.0. The standard InChI is InChI=1S/C19H16ClNOS/c1-14-7-9-15(10-8-14)19(22)21(13-18-6-3-11-23-18)17-5-2-4-16(20)12-17/h2-12H,13H2,1H3. The zero-order valence-corrected chi connectivity index (χ0v) is 14.3. The number of carbonyl (C=O) groups is 1. The van der Waals surface area contributed by atoms with Crippen LogP contribution in [-0.2, 0) is 6.54 Å². The van der Waals surface area contributed by atoms with Crippen molar-refractivity contribution in [2.75, 3.05) is 4.90 Å². The zero-order chi connectivity index (χ0) is 16.2. The molecule has 2 nitrogen and oxygen atoms in total. The Kier molecular flexibility index (Phi) is 4.79. The molecule has 0 aliphatic carbocycles. The Bertz CT molecular complexity index is 797. The predicted molar refractivity (Wildman–Crippen MR) is 97.5 cm³/mol. The van der Waals surface area contributed by atoms with Crippen molar-refractivity contribution in [1.82, 2.24) is 0 Å². The number of amides is 1. The van der Waals surface area contributed by atoms with E-state index < -0.39 is 0 Å². The van der Waals surface area contributed by atoms with Crippen LogP contribution in [0.3, 0.4) is 0 Å². The molecule has 23 heavy (non-hydrogen) atoms. The molecule has 1 aromatic heterocycles. The van der Waals surface area contributed by atoms with Gasteiger partial charge in [-0.25, -0.2) is 0 Å². The lowest BCUT2D eigenvalue weighted by atomic mass is 10.1. The van der Waals surface area contributed by atoms with Gasteiger partial charge in [0.15, 0.2) is 0 Å². The molecular weight excluding hydrogens is 326 g/mol. The molecule has 0 spiro atoms. The fourth-order valence-electron chi connectivity index (χ4n) is 2.33. The van der Waals surface area contributed by atoms with Gasteiger partial charge < -0.3 is 4.90 Å². The minimum atomic E-state index is -0.0272. The number of benzene rings is 2. The van der Waals surface area contributed by atoms with Crippen molar-refractivity contribution in [2.24, 2.45) is 0 Å². The van der Waals surface area contributed by atoms with Gasteiger partial charge in [0.25, 0.3) is 5.91 Å². The highest BCUT2D eigenvalue weighted by Crippen LogP contribution is 2.25. The summed E-state index contributed by atoms with van der Waals surface area (Å²) in [6, 6.07) is 19.1. The normalized spacial score (nSPS) is 10.5. The fourth-order valence-corrected chi connectivity index (χ4v) is 3.21. The smallest absolute Gasteiger partial charge is 0.258 e. The van der Waals surface area contributed by atoms with E-state index in [1.807, 2.05) is 73.0 Å². The Hall–Kier alpha value is -2.10. The molecule has 1 heterocycles. The molecule has 3 aromatic rings. The molecule has 0 aliphatic rings. The van der Waals surface area contributed by atoms with Crippen LogP contribution in [0.15, 0.2) is 66.0 Å². The summed E-state index contributed by atoms with van der Waals surface area (Å²) in [5.74, 6) is -0.0272. The third kappa shape index (κ3) is 3.81. The average Bonchev–Trinajstić information content (AvgIpc) is 3.06. The fraction of sp³-hybridized carbons (Fsp3) is 0.105. The molecule has 1 amide bonds. The number of hydrogen-bond acceptors (Lipinski definition) is 2. The largest absolute Gasteiger partial charge is 0.303 e. The van der Waals surface area contributed by atoms with Crippen molar-refractivity contribution >= 4 is 34.5 Å². The summed E-state index contributed by atoms with van der Waals surface area (Å²) in [6.07, 6.45) is 0. The van der Waals surface area contributed by atoms with Gasteiger partial charge in [-0.05, 0) is 48.7 Å². The first-order valence-corrected chi connectivity index (χ1v) is 8.56. The van der Waals surface area contributed by atoms with Crippen LogP contribution >= 0.6 is 22.9 Å². The van der Waals surface area contributed by atoms with Crippen LogP contribution in [0.1, 0.15) is 20.8 Å². The number of halogens is 1. The Morgan fingerprint density at radius 3 is 2.52 bits per heavy atom. The van der Waals surface area contributed by atoms with Gasteiger partial charge in [0, 0.05) is 21.2 Å². The second kappa shape index (κ2) is 6.99. The van der Waals surface area contributed by atoms with Gasteiger partial charge >= 0.3 is 0 Å². The maximum atomic E-state index is 13.0. The first-order valence-electron chi connectivity index (χ1n) is 7.30. The molecule has 4 heteroatoms. The highest BCUT2D eigenvalue weighted by atomic mass is 35.5. The van der Waals surface area contributed by atoms with E-state index in [0.29, 0.717) is 17.1 Å². The SMILES string of the molecule is Cc1ccc(C(=O)N(Cc2cccs2)c2cccc(Cl)c2)cc1. The summed E-state index contributed by atoms with van der Waals surface area (Å²) in [7, 11) is 0. The van der Waals surface area contributed by atoms with Crippen LogP contribution in [0.25, 0.3) is 0 Å². The number of hydrogen-bond donors (Lipinski definition) is 0. The summed E-state index contributed by atoms with van der Waals surface area (Å²) in [6.45, 7) is 2.54. The quantitative estimate of drug-likeness (QED) is 0.608. The summed E-state index contributed by atoms with van der Waals surface area (Å²) in [4.78, 5) is 15.9. The highest BCUT2D eigenvalue weighted by molar-refractivity contribution is 7.09. The third-order valence-electron chi connectivity index (χ3n) is 3.56. The van der Waals surface area contributed by atoms with Gasteiger partial charge in [-0.15, -0.1) is 11.3 Å². The Morgan fingerprint density at radius 1 is 1.09 bits per heavy atom. The van der Waals surface area contributed by atoms with E-state index in [-0.39, 0.29) is 5.91 Å². The lowest BCUT2D eigenvalue weighted by Gasteiger charge is -2.23. The van der Waals surface area contributed by atoms with Gasteiger partial charge in [0.2, 0.25) is 0 Å². The molecule has 0 atom stereocenters. The van der Waals surface area contributed by atoms with Crippen LogP contribution in [0.4, 0.5) is 5.69 Å². The lowest BCUT2D eigenvalue weighted by Crippen LogP contribution is -2.30. The third-order valence-corrected chi connectivity index (χ3v) is 4.65. The van der Waals surface area contributed by atoms with Crippen molar-refractivity contribution in [3.05, 3.63) is 87.1 Å². The van der Waals surface area contributed by atoms with Gasteiger partial charge in [-0.1, -0.05) is 41.4 Å². The second-order valence-electron chi connectivity index (χ2n) is 5.32. The van der Waals surface area contributed by atoms with E-state index in [1.165, 1.54) is 0 Å². The van der Waals surface area contributed by atoms with Gasteiger partial charge in [0.05, 0.1) is 6.54 Å². The van der Waals surface area contributed by atoms with Gasteiger partial charge in [0.1, 0.15) is 0 Å². The summed E-state index contributed by atoms with van der Waals surface area (Å²) in [5, 5.41) is 2.64. The molecule has 0 aliphatic heterocycles. The van der Waals surface area contributed by atoms with Crippen LogP contribution < -0.4 is 4.90 Å². The highest BCUT2D eigenvalue weighted by Gasteiger charge is 2.18. The molecule has 0 radical (unpaired) electrons. The van der Waals surface area contributed by atoms with E-state index in [2.05, 4.69) is 0 Å². The minimum Gasteiger partial charge on any atom is -0.303 e. The van der Waals surface area contributed by atoms with E-state index in [1.54, 1.807) is 16.2 Å². The molecule has 0 unspecified atom stereocenters. The molecule has 3 rings (SSSR count). The van der Waals surface area contributed by atoms with Crippen LogP contribution in [-0.4, -0.2) is 5.91 Å². The molecule has 0 bridgehead atoms. The number of carbonyl (C=O) groups excluding carboxylic acids is 1. The lowest BCUT2D eigenvalue weighted by molar-refractivity contribution is 0.0985. The van der Waals surface area contributed by atoms with Crippen molar-refractivity contribution in [2.45, 2.75) is 13.5 Å². The summed E-state index contributed by atoms with van der Waals surface area (Å²) < 4.78 is 0. The van der Waals surface area contributed by atoms with Crippen molar-refractivity contribution in [1.29, 1.82) is 0 Å².